The van der Waals surface area contributed by atoms with Crippen LogP contribution in [0.5, 0.6) is 0 Å². The molecule has 0 saturated heterocycles. The van der Waals surface area contributed by atoms with Gasteiger partial charge in [0.15, 0.2) is 0 Å². The second-order valence-electron chi connectivity index (χ2n) is 21.5. The van der Waals surface area contributed by atoms with E-state index in [1.807, 2.05) is 0 Å². The van der Waals surface area contributed by atoms with Gasteiger partial charge in [-0.1, -0.05) is 72.8 Å². The molecule has 0 saturated carbocycles. The number of carbonyl (C=O) groups is 9. The van der Waals surface area contributed by atoms with Gasteiger partial charge in [-0.25, -0.2) is 0 Å². The van der Waals surface area contributed by atoms with Gasteiger partial charge >= 0.3 is 57.5 Å². The first-order valence-electron chi connectivity index (χ1n) is 29.5. The lowest BCUT2D eigenvalue weighted by molar-refractivity contribution is -0.136. The van der Waals surface area contributed by atoms with E-state index in [9.17, 15) is 56.8 Å². The summed E-state index contributed by atoms with van der Waals surface area (Å²) >= 11 is 0. The van der Waals surface area contributed by atoms with E-state index in [0.29, 0.717) is 33.4 Å². The highest BCUT2D eigenvalue weighted by Crippen LogP contribution is 2.53. The van der Waals surface area contributed by atoms with Crippen molar-refractivity contribution in [2.45, 2.75) is 83.1 Å². The number of nitrogens with one attached hydrogen (secondary N) is 6. The Morgan fingerprint density at radius 2 is 0.582 bits per heavy atom. The van der Waals surface area contributed by atoms with E-state index in [1.54, 1.807) is 161 Å². The van der Waals surface area contributed by atoms with Crippen molar-refractivity contribution < 1.29 is 70.4 Å². The highest BCUT2D eigenvalue weighted by atomic mass is 31.2. The highest BCUT2D eigenvalue weighted by molar-refractivity contribution is 7.84. The number of amides is 6. The molecule has 0 aromatic heterocycles. The summed E-state index contributed by atoms with van der Waals surface area (Å²) in [6.07, 6.45) is 0. The van der Waals surface area contributed by atoms with Crippen LogP contribution in [0.3, 0.4) is 0 Å². The minimum Gasteiger partial charge on any atom is -0.347 e. The fourth-order valence-electron chi connectivity index (χ4n) is 10.8. The van der Waals surface area contributed by atoms with Gasteiger partial charge in [-0.15, -0.1) is 0 Å². The van der Waals surface area contributed by atoms with Gasteiger partial charge in [-0.3, -0.25) is 61.7 Å². The molecule has 0 aliphatic carbocycles. The lowest BCUT2D eigenvalue weighted by atomic mass is 9.98. The number of hydrogen-bond donors (Lipinski definition) is 6. The Bertz CT molecular complexity index is 3550. The molecule has 0 radical (unpaired) electrons. The van der Waals surface area contributed by atoms with Gasteiger partial charge in [0.1, 0.15) is 0 Å². The summed E-state index contributed by atoms with van der Waals surface area (Å²) in [4.78, 5) is 126. The Hall–Kier alpha value is -8.32. The molecular weight excluding hydrogens is 1220 g/mol. The van der Waals surface area contributed by atoms with Crippen molar-refractivity contribution in [3.8, 4) is 0 Å². The van der Waals surface area contributed by atoms with Crippen LogP contribution < -0.4 is 47.8 Å². The molecule has 3 atom stereocenters. The maximum Gasteiger partial charge on any atom is 0.313 e. The Kier molecular flexibility index (Phi) is 24.9. The molecule has 22 nitrogen and oxygen atoms in total. The Balaban J connectivity index is 1.17. The van der Waals surface area contributed by atoms with Crippen LogP contribution in [0.2, 0.25) is 0 Å². The summed E-state index contributed by atoms with van der Waals surface area (Å²) in [5.74, 6) is -6.53. The molecular formula is C66H78N7O15P3. The van der Waals surface area contributed by atoms with E-state index < -0.39 is 74.1 Å². The van der Waals surface area contributed by atoms with E-state index in [-0.39, 0.29) is 125 Å². The second kappa shape index (κ2) is 31.6. The average molecular weight is 1300 g/mol. The van der Waals surface area contributed by atoms with Crippen LogP contribution in [0.25, 0.3) is 0 Å². The van der Waals surface area contributed by atoms with Gasteiger partial charge in [0, 0.05) is 88.9 Å². The van der Waals surface area contributed by atoms with Crippen molar-refractivity contribution >= 4 is 107 Å². The van der Waals surface area contributed by atoms with E-state index in [4.69, 9.17) is 13.6 Å². The van der Waals surface area contributed by atoms with E-state index in [2.05, 4.69) is 31.9 Å². The number of hydrogen-bond acceptors (Lipinski definition) is 16. The molecule has 0 bridgehead atoms. The molecule has 6 N–H and O–H groups in total. The van der Waals surface area contributed by atoms with Gasteiger partial charge in [0.25, 0.3) is 16.6 Å². The first kappa shape index (κ1) is 71.8. The Morgan fingerprint density at radius 3 is 0.802 bits per heavy atom. The molecule has 0 spiro atoms. The third-order valence-electron chi connectivity index (χ3n) is 15.1. The van der Waals surface area contributed by atoms with Crippen LogP contribution in [0.15, 0.2) is 109 Å². The number of aryl methyl sites for hydroxylation is 6. The minimum absolute atomic E-state index is 0.0286. The first-order chi connectivity index (χ1) is 43.1. The summed E-state index contributed by atoms with van der Waals surface area (Å²) in [5, 5.41) is 16.0. The maximum atomic E-state index is 14.3. The highest BCUT2D eigenvalue weighted by Gasteiger charge is 2.41. The number of anilines is 3. The van der Waals surface area contributed by atoms with Crippen LogP contribution >= 0.6 is 22.1 Å². The number of carbonyl (C=O) groups excluding carboxylic acids is 9. The predicted octanol–water partition coefficient (Wildman–Crippen LogP) is 8.67. The second-order valence-corrected chi connectivity index (χ2v) is 28.3. The fourth-order valence-corrected chi connectivity index (χ4v) is 17.0. The summed E-state index contributed by atoms with van der Waals surface area (Å²) in [6.45, 7) is 18.8. The van der Waals surface area contributed by atoms with Crippen molar-refractivity contribution in [1.82, 2.24) is 20.9 Å². The van der Waals surface area contributed by atoms with Crippen LogP contribution in [0, 0.1) is 62.3 Å². The molecule has 482 valence electrons. The van der Waals surface area contributed by atoms with Crippen LogP contribution in [-0.4, -0.2) is 116 Å². The molecule has 0 aliphatic rings. The first-order valence-corrected chi connectivity index (χ1v) is 34.4. The lowest BCUT2D eigenvalue weighted by Gasteiger charge is -2.23. The third-order valence-corrected chi connectivity index (χ3v) is 22.1. The van der Waals surface area contributed by atoms with Gasteiger partial charge in [-0.05, 0) is 170 Å². The van der Waals surface area contributed by atoms with Gasteiger partial charge in [-0.2, -0.15) is 0 Å². The summed E-state index contributed by atoms with van der Waals surface area (Å²) in [6, 6.07) is 29.0. The van der Waals surface area contributed by atoms with E-state index >= 15 is 0 Å². The van der Waals surface area contributed by atoms with Gasteiger partial charge < -0.3 is 45.5 Å². The standard InChI is InChI=1S/C66H78N7O15P3/c1-13-86-89(83,49-25-19-16-20-26-49)64(80)52-40(4)37-43(7)55(46(52)10)70-61(77)58(74)67-31-34-73(35-32-68-59(75)62(78)71-56-44(8)38-41(5)53(47(56)11)65(81)90(84,87-14-2)50-27-21-17-22-28-50)36-33-69-60(76)63(79)72-57-45(9)39-42(6)54(48(57)12)66(82)91(85,88-15-3)51-29-23-18-24-30-51/h16-30,37-39H,13-15,31-36H2,1-12H3,(H,67,74)(H,68,75)(H,69,76)(H,70,77)(H,71,78)(H,72,79). The maximum absolute atomic E-state index is 14.3. The largest absolute Gasteiger partial charge is 0.347 e. The summed E-state index contributed by atoms with van der Waals surface area (Å²) in [7, 11) is -12.4. The zero-order valence-corrected chi connectivity index (χ0v) is 55.9. The van der Waals surface area contributed by atoms with E-state index in [0.717, 1.165) is 0 Å². The Labute approximate surface area is 530 Å². The van der Waals surface area contributed by atoms with Crippen LogP contribution in [0.4, 0.5) is 17.1 Å². The number of benzene rings is 6. The van der Waals surface area contributed by atoms with E-state index in [1.165, 1.54) is 36.4 Å². The SMILES string of the molecule is CCOP(=O)(C(=O)c1c(C)cc(C)c(NC(=O)C(=O)NCCN(CCNC(=O)C(=O)Nc2c(C)cc(C)c(C(=O)P(=O)(OCC)c3ccccc3)c2C)CCNC(=O)C(=O)Nc2c(C)cc(C)c(C(=O)P(=O)(OCC)c3ccccc3)c2C)c1C)c1ccccc1. The Morgan fingerprint density at radius 1 is 0.352 bits per heavy atom. The smallest absolute Gasteiger partial charge is 0.313 e. The van der Waals surface area contributed by atoms with Crippen molar-refractivity contribution in [3.05, 3.63) is 176 Å². The average Bonchev–Trinajstić information content (AvgIpc) is 0.787. The zero-order chi connectivity index (χ0) is 67.1. The third kappa shape index (κ3) is 16.4. The van der Waals surface area contributed by atoms with Gasteiger partial charge in [0.05, 0.1) is 19.8 Å². The summed E-state index contributed by atoms with van der Waals surface area (Å²) < 4.78 is 60.0. The zero-order valence-electron chi connectivity index (χ0n) is 53.2. The molecule has 25 heteroatoms. The molecule has 91 heavy (non-hydrogen) atoms. The fraction of sp³-hybridized carbons (Fsp3) is 0.318. The van der Waals surface area contributed by atoms with Crippen molar-refractivity contribution in [3.63, 3.8) is 0 Å². The molecule has 6 aromatic rings. The number of nitrogens with zero attached hydrogens (tertiary/aromatic N) is 1. The quantitative estimate of drug-likeness (QED) is 0.0207. The predicted molar refractivity (Wildman–Crippen MR) is 352 cm³/mol. The molecule has 0 aliphatic heterocycles. The molecule has 0 heterocycles. The molecule has 6 aromatic carbocycles. The topological polar surface area (TPSA) is 308 Å². The van der Waals surface area contributed by atoms with Crippen LogP contribution in [0.1, 0.15) is 102 Å². The minimum atomic E-state index is -4.13. The molecule has 6 rings (SSSR count). The normalized spacial score (nSPS) is 13.2. The molecule has 3 unspecified atom stereocenters. The van der Waals surface area contributed by atoms with Crippen LogP contribution in [-0.2, 0) is 56.0 Å². The molecule has 0 fully saturated rings. The van der Waals surface area contributed by atoms with Crippen molar-refractivity contribution in [2.75, 3.05) is 75.0 Å². The summed E-state index contributed by atoms with van der Waals surface area (Å²) in [5.41, 5.74) is 1.92. The lowest BCUT2D eigenvalue weighted by Crippen LogP contribution is -2.46. The number of rotatable bonds is 27. The van der Waals surface area contributed by atoms with Crippen molar-refractivity contribution in [2.24, 2.45) is 0 Å². The van der Waals surface area contributed by atoms with Crippen molar-refractivity contribution in [1.29, 1.82) is 0 Å². The monoisotopic (exact) mass is 1300 g/mol. The molecule has 6 amide bonds. The van der Waals surface area contributed by atoms with Gasteiger partial charge in [0.2, 0.25) is 0 Å².